The molecule has 0 aliphatic heterocycles. The quantitative estimate of drug-likeness (QED) is 0.120. The molecule has 6 aromatic carbocycles. The average molecular weight is 935 g/mol. The van der Waals surface area contributed by atoms with E-state index in [1.165, 1.54) is 117 Å². The molecule has 2 aliphatic rings. The summed E-state index contributed by atoms with van der Waals surface area (Å²) in [5.74, 6) is 0. The van der Waals surface area contributed by atoms with E-state index in [0.29, 0.717) is 0 Å². The van der Waals surface area contributed by atoms with Crippen LogP contribution < -0.4 is 0 Å². The molecule has 9 rings (SSSR count). The van der Waals surface area contributed by atoms with Crippen molar-refractivity contribution in [2.45, 2.75) is 87.0 Å². The lowest BCUT2D eigenvalue weighted by Crippen LogP contribution is -2.28. The number of thiophene rings is 1. The summed E-state index contributed by atoms with van der Waals surface area (Å²) in [5, 5.41) is 0. The predicted octanol–water partition coefficient (Wildman–Crippen LogP) is 20.0. The van der Waals surface area contributed by atoms with Gasteiger partial charge in [-0.05, 0) is 144 Å². The first-order valence-electron chi connectivity index (χ1n) is 24.8. The third kappa shape index (κ3) is 11.8. The third-order valence-electron chi connectivity index (χ3n) is 13.0. The Labute approximate surface area is 426 Å². The first-order valence-corrected chi connectivity index (χ1v) is 25.6. The van der Waals surface area contributed by atoms with Crippen LogP contribution in [-0.2, 0) is 11.8 Å². The highest BCUT2D eigenvalue weighted by molar-refractivity contribution is 7.12. The van der Waals surface area contributed by atoms with E-state index in [2.05, 4.69) is 233 Å². The second-order valence-corrected chi connectivity index (χ2v) is 18.8. The molecule has 1 aromatic heterocycles. The molecule has 2 aliphatic carbocycles. The summed E-state index contributed by atoms with van der Waals surface area (Å²) in [7, 11) is 0. The summed E-state index contributed by atoms with van der Waals surface area (Å²) in [6.07, 6.45) is 21.7. The second kappa shape index (κ2) is 26.1. The fourth-order valence-electron chi connectivity index (χ4n) is 9.58. The highest BCUT2D eigenvalue weighted by Crippen LogP contribution is 2.58. The zero-order chi connectivity index (χ0) is 50.8. The van der Waals surface area contributed by atoms with Crippen LogP contribution in [0.2, 0.25) is 0 Å². The van der Waals surface area contributed by atoms with Gasteiger partial charge in [0.25, 0.3) is 0 Å². The van der Waals surface area contributed by atoms with Crippen molar-refractivity contribution in [3.05, 3.63) is 290 Å². The predicted molar refractivity (Wildman–Crippen MR) is 315 cm³/mol. The number of aryl methyl sites for hydroxylation is 7. The Balaban J connectivity index is 0.000000195. The normalized spacial score (nSPS) is 12.5. The molecule has 7 aromatic rings. The van der Waals surface area contributed by atoms with Gasteiger partial charge in [-0.2, -0.15) is 0 Å². The fourth-order valence-corrected chi connectivity index (χ4v) is 10.8. The molecule has 0 fully saturated rings. The molecule has 356 valence electrons. The van der Waals surface area contributed by atoms with Gasteiger partial charge in [0.15, 0.2) is 0 Å². The number of hydrogen-bond acceptors (Lipinski definition) is 1. The van der Waals surface area contributed by atoms with Crippen molar-refractivity contribution in [1.29, 1.82) is 0 Å². The van der Waals surface area contributed by atoms with Crippen molar-refractivity contribution in [2.75, 3.05) is 0 Å². The lowest BCUT2D eigenvalue weighted by molar-refractivity contribution is 0.766. The van der Waals surface area contributed by atoms with Crippen molar-refractivity contribution in [3.63, 3.8) is 0 Å². The van der Waals surface area contributed by atoms with Crippen LogP contribution in [0.25, 0.3) is 41.0 Å². The summed E-state index contributed by atoms with van der Waals surface area (Å²) in [6.45, 7) is 38.7. The third-order valence-corrected chi connectivity index (χ3v) is 14.2. The smallest absolute Gasteiger partial charge is 0.0713 e. The van der Waals surface area contributed by atoms with Crippen LogP contribution in [0.3, 0.4) is 0 Å². The van der Waals surface area contributed by atoms with Gasteiger partial charge in [0.2, 0.25) is 0 Å². The van der Waals surface area contributed by atoms with Crippen LogP contribution in [0.15, 0.2) is 202 Å². The summed E-state index contributed by atoms with van der Waals surface area (Å²) < 4.78 is 0. The van der Waals surface area contributed by atoms with Gasteiger partial charge in [-0.3, -0.25) is 0 Å². The van der Waals surface area contributed by atoms with Gasteiger partial charge in [0, 0.05) is 9.75 Å². The van der Waals surface area contributed by atoms with E-state index in [-0.39, 0.29) is 5.41 Å². The summed E-state index contributed by atoms with van der Waals surface area (Å²) in [5.41, 5.74) is 22.7. The summed E-state index contributed by atoms with van der Waals surface area (Å²) >= 11 is 1.93. The number of hydrogen-bond donors (Lipinski definition) is 0. The molecule has 0 bridgehead atoms. The molecule has 0 unspecified atom stereocenters. The molecule has 0 nitrogen and oxygen atoms in total. The monoisotopic (exact) mass is 935 g/mol. The maximum absolute atomic E-state index is 4.19. The minimum absolute atomic E-state index is 0.374. The lowest BCUT2D eigenvalue weighted by Gasteiger charge is -2.34. The van der Waals surface area contributed by atoms with Gasteiger partial charge in [-0.1, -0.05) is 259 Å². The van der Waals surface area contributed by atoms with Gasteiger partial charge < -0.3 is 0 Å². The molecule has 0 saturated heterocycles. The van der Waals surface area contributed by atoms with E-state index < -0.39 is 0 Å². The lowest BCUT2D eigenvalue weighted by atomic mass is 9.67. The first kappa shape index (κ1) is 53.9. The van der Waals surface area contributed by atoms with Crippen molar-refractivity contribution in [1.82, 2.24) is 0 Å². The van der Waals surface area contributed by atoms with Gasteiger partial charge in [0.1, 0.15) is 0 Å². The van der Waals surface area contributed by atoms with Crippen LogP contribution >= 0.6 is 11.3 Å². The van der Waals surface area contributed by atoms with E-state index in [1.54, 1.807) is 0 Å². The van der Waals surface area contributed by atoms with E-state index in [1.807, 2.05) is 61.6 Å². The van der Waals surface area contributed by atoms with Crippen LogP contribution in [0.4, 0.5) is 0 Å². The topological polar surface area (TPSA) is 0 Å². The highest BCUT2D eigenvalue weighted by atomic mass is 32.1. The van der Waals surface area contributed by atoms with Gasteiger partial charge >= 0.3 is 0 Å². The fraction of sp³-hybridized carbons (Fsp3) is 0.188. The molecule has 70 heavy (non-hydrogen) atoms. The Morgan fingerprint density at radius 1 is 0.600 bits per heavy atom. The van der Waals surface area contributed by atoms with Crippen LogP contribution in [0.5, 0.6) is 0 Å². The van der Waals surface area contributed by atoms with Crippen molar-refractivity contribution in [3.8, 4) is 11.1 Å². The van der Waals surface area contributed by atoms with Crippen LogP contribution in [-0.4, -0.2) is 0 Å². The Morgan fingerprint density at radius 3 is 1.70 bits per heavy atom. The molecule has 1 heteroatoms. The molecule has 0 radical (unpaired) electrons. The zero-order valence-electron chi connectivity index (χ0n) is 43.5. The highest BCUT2D eigenvalue weighted by Gasteiger charge is 2.47. The average Bonchev–Trinajstić information content (AvgIpc) is 3.87. The number of rotatable bonds is 10. The Morgan fingerprint density at radius 2 is 1.17 bits per heavy atom. The Hall–Kier alpha value is -7.06. The molecular formula is C69H74S. The molecule has 0 atom stereocenters. The molecular weight excluding hydrogens is 861 g/mol. The SMILES string of the molecule is C=C/C(CC)=C(\C=C)c1ccccc1C.C=C/C=C\c1c(C)sc2c1C=CCC2.C=Cc1c(C)cc2c(c1C=C)-c1ccc(C)cc1C2(c1ccccc1)c1ccccc1.CC.Cc1ccc(C)cc1. The van der Waals surface area contributed by atoms with Crippen molar-refractivity contribution >= 4 is 41.2 Å². The largest absolute Gasteiger partial charge is 0.144 e. The van der Waals surface area contributed by atoms with E-state index >= 15 is 0 Å². The van der Waals surface area contributed by atoms with Crippen molar-refractivity contribution in [2.24, 2.45) is 0 Å². The summed E-state index contributed by atoms with van der Waals surface area (Å²) in [4.78, 5) is 2.95. The number of benzene rings is 6. The minimum atomic E-state index is -0.374. The van der Waals surface area contributed by atoms with E-state index in [0.717, 1.165) is 12.0 Å². The number of allylic oxidation sites excluding steroid dienone is 7. The zero-order valence-corrected chi connectivity index (χ0v) is 44.3. The molecule has 0 spiro atoms. The van der Waals surface area contributed by atoms with Gasteiger partial charge in [-0.15, -0.1) is 11.3 Å². The summed E-state index contributed by atoms with van der Waals surface area (Å²) in [6, 6.07) is 47.9. The second-order valence-electron chi connectivity index (χ2n) is 17.5. The molecule has 0 N–H and O–H groups in total. The Kier molecular flexibility index (Phi) is 20.1. The van der Waals surface area contributed by atoms with Crippen LogP contribution in [0.1, 0.15) is 121 Å². The minimum Gasteiger partial charge on any atom is -0.144 e. The Bertz CT molecular complexity index is 2930. The number of fused-ring (bicyclic) bond motifs is 4. The van der Waals surface area contributed by atoms with E-state index in [9.17, 15) is 0 Å². The van der Waals surface area contributed by atoms with Gasteiger partial charge in [0.05, 0.1) is 5.41 Å². The standard InChI is InChI=1S/C31H26.C15H18.C13H14S.C8H10.C2H6/c1-5-25-22(4)20-29-30(26(25)6-2)27-18-17-21(3)19-28(27)31(29,23-13-9-7-10-14-23)24-15-11-8-12-16-24;1-5-13(6-2)14(7-3)15-11-9-8-10-12(15)4;1-3-4-7-11-10(2)14-13-9-6-5-8-12(11)13;1-7-3-5-8(2)6-4-7;1-2/h5-20H,1-2H2,3-4H3;5,7-11H,1,3,6H2,2,4H3;3-5,7-8H,1,6,9H2,2H3;3-6H,1-2H3;1-2H3/b;14-13-;7-4-;;. The van der Waals surface area contributed by atoms with Crippen LogP contribution in [0, 0.1) is 41.5 Å². The maximum atomic E-state index is 4.19. The molecule has 1 heterocycles. The maximum Gasteiger partial charge on any atom is 0.0713 e. The molecule has 0 saturated carbocycles. The first-order chi connectivity index (χ1) is 34.0. The molecule has 0 amide bonds. The van der Waals surface area contributed by atoms with Crippen molar-refractivity contribution < 1.29 is 0 Å². The van der Waals surface area contributed by atoms with Gasteiger partial charge in [-0.25, -0.2) is 0 Å². The van der Waals surface area contributed by atoms with E-state index in [4.69, 9.17) is 0 Å².